The Balaban J connectivity index is 1.71. The number of carbonyl (C=O) groups excluding carboxylic acids is 2. The van der Waals surface area contributed by atoms with Crippen molar-refractivity contribution >= 4 is 34.0 Å². The standard InChI is InChI=1S/C21H17BrN4O4/c1-2-29-17-6-3-14(4-7-17)21(28)30-19-8-5-16(22)11-15(19)12-25-26-20(27)18-13-23-9-10-24-18/h3-13H,2H2,1H3,(H,26,27)/b25-12+. The Morgan fingerprint density at radius 2 is 1.97 bits per heavy atom. The lowest BCUT2D eigenvalue weighted by Crippen LogP contribution is -2.19. The molecule has 0 radical (unpaired) electrons. The highest BCUT2D eigenvalue weighted by Gasteiger charge is 2.12. The molecule has 0 aliphatic rings. The fourth-order valence-electron chi connectivity index (χ4n) is 2.36. The van der Waals surface area contributed by atoms with Crippen LogP contribution in [-0.4, -0.2) is 34.7 Å². The van der Waals surface area contributed by atoms with E-state index in [0.29, 0.717) is 23.5 Å². The minimum Gasteiger partial charge on any atom is -0.494 e. The van der Waals surface area contributed by atoms with E-state index in [0.717, 1.165) is 4.47 Å². The summed E-state index contributed by atoms with van der Waals surface area (Å²) >= 11 is 3.37. The van der Waals surface area contributed by atoms with Crippen molar-refractivity contribution in [1.29, 1.82) is 0 Å². The maximum atomic E-state index is 12.5. The molecule has 0 bridgehead atoms. The Morgan fingerprint density at radius 1 is 1.17 bits per heavy atom. The maximum absolute atomic E-state index is 12.5. The molecule has 8 nitrogen and oxygen atoms in total. The Labute approximate surface area is 181 Å². The first-order chi connectivity index (χ1) is 14.6. The predicted octanol–water partition coefficient (Wildman–Crippen LogP) is 3.62. The van der Waals surface area contributed by atoms with E-state index in [9.17, 15) is 9.59 Å². The molecule has 0 saturated carbocycles. The summed E-state index contributed by atoms with van der Waals surface area (Å²) in [6, 6.07) is 11.7. The van der Waals surface area contributed by atoms with Crippen LogP contribution in [0.5, 0.6) is 11.5 Å². The monoisotopic (exact) mass is 468 g/mol. The third-order valence-electron chi connectivity index (χ3n) is 3.74. The molecule has 0 spiro atoms. The zero-order valence-corrected chi connectivity index (χ0v) is 17.5. The maximum Gasteiger partial charge on any atom is 0.343 e. The van der Waals surface area contributed by atoms with E-state index >= 15 is 0 Å². The highest BCUT2D eigenvalue weighted by Crippen LogP contribution is 2.23. The van der Waals surface area contributed by atoms with Gasteiger partial charge in [0, 0.05) is 22.4 Å². The van der Waals surface area contributed by atoms with Gasteiger partial charge in [0.15, 0.2) is 0 Å². The summed E-state index contributed by atoms with van der Waals surface area (Å²) < 4.78 is 11.6. The molecule has 3 aromatic rings. The molecule has 30 heavy (non-hydrogen) atoms. The number of esters is 1. The Bertz CT molecular complexity index is 1060. The second-order valence-electron chi connectivity index (χ2n) is 5.82. The zero-order chi connectivity index (χ0) is 21.3. The van der Waals surface area contributed by atoms with Gasteiger partial charge in [0.05, 0.1) is 24.6 Å². The number of halogens is 1. The van der Waals surface area contributed by atoms with Gasteiger partial charge in [0.25, 0.3) is 5.91 Å². The van der Waals surface area contributed by atoms with Crippen LogP contribution >= 0.6 is 15.9 Å². The van der Waals surface area contributed by atoms with Crippen LogP contribution in [0, 0.1) is 0 Å². The lowest BCUT2D eigenvalue weighted by atomic mass is 10.2. The van der Waals surface area contributed by atoms with Crippen molar-refractivity contribution in [1.82, 2.24) is 15.4 Å². The van der Waals surface area contributed by atoms with Gasteiger partial charge in [0.1, 0.15) is 17.2 Å². The number of hydrazone groups is 1. The first-order valence-corrected chi connectivity index (χ1v) is 9.70. The quantitative estimate of drug-likeness (QED) is 0.246. The molecule has 9 heteroatoms. The largest absolute Gasteiger partial charge is 0.494 e. The summed E-state index contributed by atoms with van der Waals surface area (Å²) in [6.07, 6.45) is 5.58. The number of nitrogens with zero attached hydrogens (tertiary/aromatic N) is 3. The topological polar surface area (TPSA) is 103 Å². The summed E-state index contributed by atoms with van der Waals surface area (Å²) in [5.41, 5.74) is 3.35. The molecule has 0 unspecified atom stereocenters. The van der Waals surface area contributed by atoms with Gasteiger partial charge in [-0.15, -0.1) is 0 Å². The van der Waals surface area contributed by atoms with E-state index in [-0.39, 0.29) is 11.4 Å². The van der Waals surface area contributed by atoms with Gasteiger partial charge in [-0.25, -0.2) is 15.2 Å². The first kappa shape index (κ1) is 21.1. The summed E-state index contributed by atoms with van der Waals surface area (Å²) in [5, 5.41) is 3.91. The van der Waals surface area contributed by atoms with Crippen molar-refractivity contribution < 1.29 is 19.1 Å². The van der Waals surface area contributed by atoms with E-state index in [1.807, 2.05) is 6.92 Å². The van der Waals surface area contributed by atoms with Crippen molar-refractivity contribution in [3.05, 3.63) is 82.3 Å². The van der Waals surface area contributed by atoms with Crippen LogP contribution in [0.3, 0.4) is 0 Å². The van der Waals surface area contributed by atoms with Crippen LogP contribution < -0.4 is 14.9 Å². The molecule has 2 aromatic carbocycles. The number of nitrogens with one attached hydrogen (secondary N) is 1. The first-order valence-electron chi connectivity index (χ1n) is 8.91. The van der Waals surface area contributed by atoms with Crippen LogP contribution in [-0.2, 0) is 0 Å². The van der Waals surface area contributed by atoms with Crippen molar-refractivity contribution in [3.8, 4) is 11.5 Å². The van der Waals surface area contributed by atoms with E-state index in [1.165, 1.54) is 24.8 Å². The van der Waals surface area contributed by atoms with E-state index in [2.05, 4.69) is 36.4 Å². The van der Waals surface area contributed by atoms with E-state index < -0.39 is 11.9 Å². The highest BCUT2D eigenvalue weighted by molar-refractivity contribution is 9.10. The molecular weight excluding hydrogens is 452 g/mol. The van der Waals surface area contributed by atoms with Gasteiger partial charge in [0.2, 0.25) is 0 Å². The van der Waals surface area contributed by atoms with Gasteiger partial charge in [-0.2, -0.15) is 5.10 Å². The van der Waals surface area contributed by atoms with Gasteiger partial charge in [-0.3, -0.25) is 9.78 Å². The van der Waals surface area contributed by atoms with Crippen molar-refractivity contribution in [3.63, 3.8) is 0 Å². The highest BCUT2D eigenvalue weighted by atomic mass is 79.9. The number of aromatic nitrogens is 2. The number of amides is 1. The molecule has 0 saturated heterocycles. The van der Waals surface area contributed by atoms with Crippen molar-refractivity contribution in [2.45, 2.75) is 6.92 Å². The van der Waals surface area contributed by atoms with Crippen LogP contribution in [0.4, 0.5) is 0 Å². The second-order valence-corrected chi connectivity index (χ2v) is 6.73. The van der Waals surface area contributed by atoms with E-state index in [4.69, 9.17) is 9.47 Å². The van der Waals surface area contributed by atoms with Gasteiger partial charge in [-0.05, 0) is 49.4 Å². The lowest BCUT2D eigenvalue weighted by molar-refractivity contribution is 0.0734. The smallest absolute Gasteiger partial charge is 0.343 e. The number of hydrogen-bond donors (Lipinski definition) is 1. The Kier molecular flexibility index (Phi) is 7.23. The molecule has 0 aliphatic carbocycles. The Hall–Kier alpha value is -3.59. The summed E-state index contributed by atoms with van der Waals surface area (Å²) in [6.45, 7) is 2.42. The second kappa shape index (κ2) is 10.3. The number of rotatable bonds is 7. The SMILES string of the molecule is CCOc1ccc(C(=O)Oc2ccc(Br)cc2/C=N/NC(=O)c2cnccn2)cc1. The van der Waals surface area contributed by atoms with Crippen LogP contribution in [0.15, 0.2) is 70.6 Å². The molecule has 1 heterocycles. The fraction of sp³-hybridized carbons (Fsp3) is 0.0952. The third kappa shape index (κ3) is 5.71. The average Bonchev–Trinajstić information content (AvgIpc) is 2.76. The third-order valence-corrected chi connectivity index (χ3v) is 4.23. The van der Waals surface area contributed by atoms with Gasteiger partial charge < -0.3 is 9.47 Å². The molecule has 0 fully saturated rings. The van der Waals surface area contributed by atoms with Crippen molar-refractivity contribution in [2.24, 2.45) is 5.10 Å². The molecule has 0 atom stereocenters. The summed E-state index contributed by atoms with van der Waals surface area (Å²) in [7, 11) is 0. The molecule has 1 amide bonds. The zero-order valence-electron chi connectivity index (χ0n) is 15.9. The number of benzene rings is 2. The van der Waals surface area contributed by atoms with Crippen LogP contribution in [0.25, 0.3) is 0 Å². The summed E-state index contributed by atoms with van der Waals surface area (Å²) in [4.78, 5) is 32.2. The average molecular weight is 469 g/mol. The minimum atomic E-state index is -0.529. The number of ether oxygens (including phenoxy) is 2. The predicted molar refractivity (Wildman–Crippen MR) is 114 cm³/mol. The van der Waals surface area contributed by atoms with Crippen LogP contribution in [0.1, 0.15) is 33.3 Å². The van der Waals surface area contributed by atoms with Crippen molar-refractivity contribution in [2.75, 3.05) is 6.61 Å². The molecule has 152 valence electrons. The number of carbonyl (C=O) groups is 2. The summed E-state index contributed by atoms with van der Waals surface area (Å²) in [5.74, 6) is -0.0835. The molecule has 1 N–H and O–H groups in total. The van der Waals surface area contributed by atoms with Gasteiger partial charge in [-0.1, -0.05) is 15.9 Å². The molecule has 0 aliphatic heterocycles. The molecule has 3 rings (SSSR count). The van der Waals surface area contributed by atoms with Crippen LogP contribution in [0.2, 0.25) is 0 Å². The molecule has 1 aromatic heterocycles. The minimum absolute atomic E-state index is 0.131. The number of hydrogen-bond acceptors (Lipinski definition) is 7. The molecular formula is C21H17BrN4O4. The normalized spacial score (nSPS) is 10.6. The van der Waals surface area contributed by atoms with E-state index in [1.54, 1.807) is 42.5 Å². The van der Waals surface area contributed by atoms with Gasteiger partial charge >= 0.3 is 5.97 Å². The fourth-order valence-corrected chi connectivity index (χ4v) is 2.74. The lowest BCUT2D eigenvalue weighted by Gasteiger charge is -2.09. The Morgan fingerprint density at radius 3 is 2.67 bits per heavy atom.